The topological polar surface area (TPSA) is 87.3 Å². The molecule has 1 unspecified atom stereocenters. The zero-order chi connectivity index (χ0) is 30.7. The highest BCUT2D eigenvalue weighted by Crippen LogP contribution is 2.36. The van der Waals surface area contributed by atoms with Gasteiger partial charge in [-0.2, -0.15) is 0 Å². The van der Waals surface area contributed by atoms with Crippen LogP contribution in [-0.2, 0) is 9.59 Å². The van der Waals surface area contributed by atoms with Crippen LogP contribution in [0.3, 0.4) is 0 Å². The third-order valence-corrected chi connectivity index (χ3v) is 8.44. The van der Waals surface area contributed by atoms with Gasteiger partial charge in [-0.1, -0.05) is 78.9 Å². The average molecular weight is 710 g/mol. The van der Waals surface area contributed by atoms with Crippen molar-refractivity contribution >= 4 is 69.5 Å². The summed E-state index contributed by atoms with van der Waals surface area (Å²) < 4.78 is 1.09. The monoisotopic (exact) mass is 709 g/mol. The van der Waals surface area contributed by atoms with Crippen LogP contribution in [0.15, 0.2) is 150 Å². The van der Waals surface area contributed by atoms with Crippen molar-refractivity contribution in [2.45, 2.75) is 10.1 Å². The molecule has 0 radical (unpaired) electrons. The van der Waals surface area contributed by atoms with E-state index < -0.39 is 11.2 Å². The lowest BCUT2D eigenvalue weighted by Crippen LogP contribution is -2.30. The number of hydrogen-bond acceptors (Lipinski definition) is 4. The predicted molar refractivity (Wildman–Crippen MR) is 186 cm³/mol. The quantitative estimate of drug-likeness (QED) is 0.0776. The van der Waals surface area contributed by atoms with Crippen LogP contribution in [0, 0.1) is 3.57 Å². The Hall–Kier alpha value is -4.67. The first-order valence-corrected chi connectivity index (χ1v) is 15.7. The molecule has 0 aliphatic carbocycles. The van der Waals surface area contributed by atoms with Gasteiger partial charge in [-0.25, -0.2) is 0 Å². The summed E-state index contributed by atoms with van der Waals surface area (Å²) in [6, 6.07) is 42.6. The van der Waals surface area contributed by atoms with Gasteiger partial charge in [0.25, 0.3) is 11.8 Å². The van der Waals surface area contributed by atoms with Gasteiger partial charge in [0.2, 0.25) is 5.91 Å². The van der Waals surface area contributed by atoms with Gasteiger partial charge < -0.3 is 16.0 Å². The minimum Gasteiger partial charge on any atom is -0.325 e. The molecule has 0 bridgehead atoms. The van der Waals surface area contributed by atoms with Crippen LogP contribution in [0.5, 0.6) is 0 Å². The van der Waals surface area contributed by atoms with Crippen LogP contribution < -0.4 is 16.0 Å². The van der Waals surface area contributed by atoms with E-state index in [2.05, 4.69) is 38.5 Å². The number of benzene rings is 5. The van der Waals surface area contributed by atoms with Gasteiger partial charge in [0, 0.05) is 25.4 Å². The molecule has 5 rings (SSSR count). The van der Waals surface area contributed by atoms with Crippen LogP contribution in [0.2, 0.25) is 0 Å². The first kappa shape index (κ1) is 30.8. The van der Waals surface area contributed by atoms with E-state index in [-0.39, 0.29) is 17.5 Å². The molecule has 0 spiro atoms. The highest BCUT2D eigenvalue weighted by Gasteiger charge is 2.22. The lowest BCUT2D eigenvalue weighted by molar-refractivity contribution is -0.116. The van der Waals surface area contributed by atoms with Gasteiger partial charge in [0.1, 0.15) is 10.9 Å². The molecule has 0 saturated carbocycles. The molecular formula is C36H28IN3O3S. The first-order valence-electron chi connectivity index (χ1n) is 13.8. The van der Waals surface area contributed by atoms with Crippen LogP contribution >= 0.6 is 34.4 Å². The van der Waals surface area contributed by atoms with Crippen LogP contribution in [-0.4, -0.2) is 17.7 Å². The standard InChI is InChI=1S/C36H28IN3O3S/c37-28-16-18-29(19-17-28)39-36(43)33(26-12-6-2-7-13-26)44-31-22-20-30(21-23-31)38-35(42)32(24-25-10-4-1-5-11-25)40-34(41)27-14-8-3-9-15-27/h1-24,33H,(H,38,42)(H,39,43)(H,40,41)/b32-24-. The highest BCUT2D eigenvalue weighted by molar-refractivity contribution is 14.1. The number of carbonyl (C=O) groups excluding carboxylic acids is 3. The number of thioether (sulfide) groups is 1. The van der Waals surface area contributed by atoms with Crippen LogP contribution in [0.25, 0.3) is 6.08 Å². The largest absolute Gasteiger partial charge is 0.325 e. The maximum Gasteiger partial charge on any atom is 0.272 e. The summed E-state index contributed by atoms with van der Waals surface area (Å²) in [6.45, 7) is 0. The third kappa shape index (κ3) is 8.68. The molecule has 0 aliphatic rings. The van der Waals surface area contributed by atoms with Gasteiger partial charge in [0.05, 0.1) is 0 Å². The lowest BCUT2D eigenvalue weighted by atomic mass is 10.1. The molecule has 5 aromatic carbocycles. The van der Waals surface area contributed by atoms with E-state index in [0.29, 0.717) is 11.3 Å². The smallest absolute Gasteiger partial charge is 0.272 e. The summed E-state index contributed by atoms with van der Waals surface area (Å²) in [4.78, 5) is 40.5. The molecule has 0 heterocycles. The Balaban J connectivity index is 1.31. The minimum atomic E-state index is -0.496. The first-order chi connectivity index (χ1) is 21.4. The maximum absolute atomic E-state index is 13.4. The van der Waals surface area contributed by atoms with Crippen molar-refractivity contribution in [2.75, 3.05) is 10.6 Å². The van der Waals surface area contributed by atoms with Crippen molar-refractivity contribution in [1.29, 1.82) is 0 Å². The molecule has 0 aliphatic heterocycles. The van der Waals surface area contributed by atoms with E-state index in [0.717, 1.165) is 25.3 Å². The third-order valence-electron chi connectivity index (χ3n) is 6.46. The fourth-order valence-corrected chi connectivity index (χ4v) is 5.64. The Morgan fingerprint density at radius 1 is 0.636 bits per heavy atom. The second-order valence-corrected chi connectivity index (χ2v) is 12.1. The number of carbonyl (C=O) groups is 3. The number of nitrogens with one attached hydrogen (secondary N) is 3. The Morgan fingerprint density at radius 3 is 1.82 bits per heavy atom. The van der Waals surface area contributed by atoms with Crippen molar-refractivity contribution in [2.24, 2.45) is 0 Å². The van der Waals surface area contributed by atoms with E-state index in [9.17, 15) is 14.4 Å². The Bertz CT molecular complexity index is 1750. The molecule has 8 heteroatoms. The van der Waals surface area contributed by atoms with Crippen LogP contribution in [0.4, 0.5) is 11.4 Å². The Labute approximate surface area is 274 Å². The number of halogens is 1. The molecule has 44 heavy (non-hydrogen) atoms. The Morgan fingerprint density at radius 2 is 1.18 bits per heavy atom. The second kappa shape index (κ2) is 15.2. The summed E-state index contributed by atoms with van der Waals surface area (Å²) in [5.41, 5.74) is 3.48. The number of anilines is 2. The molecule has 0 saturated heterocycles. The summed E-state index contributed by atoms with van der Waals surface area (Å²) >= 11 is 3.65. The summed E-state index contributed by atoms with van der Waals surface area (Å²) in [7, 11) is 0. The molecule has 6 nitrogen and oxygen atoms in total. The maximum atomic E-state index is 13.4. The minimum absolute atomic E-state index is 0.111. The average Bonchev–Trinajstić information content (AvgIpc) is 3.06. The summed E-state index contributed by atoms with van der Waals surface area (Å²) in [5, 5.41) is 8.16. The zero-order valence-corrected chi connectivity index (χ0v) is 26.4. The molecule has 3 N–H and O–H groups in total. The molecule has 0 fully saturated rings. The summed E-state index contributed by atoms with van der Waals surface area (Å²) in [6.07, 6.45) is 1.64. The van der Waals surface area contributed by atoms with Crippen LogP contribution in [0.1, 0.15) is 26.7 Å². The molecule has 218 valence electrons. The molecule has 3 amide bonds. The van der Waals surface area contributed by atoms with E-state index >= 15 is 0 Å². The zero-order valence-electron chi connectivity index (χ0n) is 23.4. The van der Waals surface area contributed by atoms with Gasteiger partial charge in [-0.15, -0.1) is 11.8 Å². The van der Waals surface area contributed by atoms with Crippen molar-refractivity contribution in [1.82, 2.24) is 5.32 Å². The van der Waals surface area contributed by atoms with Crippen molar-refractivity contribution in [3.8, 4) is 0 Å². The van der Waals surface area contributed by atoms with E-state index in [1.54, 1.807) is 42.5 Å². The SMILES string of the molecule is O=C(Nc1ccc(SC(C(=O)Nc2ccc(I)cc2)c2ccccc2)cc1)/C(=C/c1ccccc1)NC(=O)c1ccccc1. The van der Waals surface area contributed by atoms with Crippen molar-refractivity contribution < 1.29 is 14.4 Å². The van der Waals surface area contributed by atoms with Gasteiger partial charge in [-0.3, -0.25) is 14.4 Å². The number of amides is 3. The fourth-order valence-electron chi connectivity index (χ4n) is 4.25. The number of rotatable bonds is 10. The van der Waals surface area contributed by atoms with Crippen molar-refractivity contribution in [3.63, 3.8) is 0 Å². The second-order valence-electron chi connectivity index (χ2n) is 9.67. The van der Waals surface area contributed by atoms with E-state index in [1.165, 1.54) is 11.8 Å². The number of hydrogen-bond donors (Lipinski definition) is 3. The molecule has 5 aromatic rings. The van der Waals surface area contributed by atoms with E-state index in [1.807, 2.05) is 103 Å². The highest BCUT2D eigenvalue weighted by atomic mass is 127. The van der Waals surface area contributed by atoms with Gasteiger partial charge in [0.15, 0.2) is 0 Å². The molecule has 1 atom stereocenters. The molecular weight excluding hydrogens is 681 g/mol. The predicted octanol–water partition coefficient (Wildman–Crippen LogP) is 8.17. The van der Waals surface area contributed by atoms with E-state index in [4.69, 9.17) is 0 Å². The Kier molecular flexibility index (Phi) is 10.6. The van der Waals surface area contributed by atoms with Crippen molar-refractivity contribution in [3.05, 3.63) is 165 Å². The van der Waals surface area contributed by atoms with Gasteiger partial charge in [-0.05, 0) is 100 Å². The van der Waals surface area contributed by atoms with Gasteiger partial charge >= 0.3 is 0 Å². The lowest BCUT2D eigenvalue weighted by Gasteiger charge is -2.17. The fraction of sp³-hybridized carbons (Fsp3) is 0.0278. The summed E-state index contributed by atoms with van der Waals surface area (Å²) in [5.74, 6) is -0.979. The normalized spacial score (nSPS) is 11.7. The molecule has 0 aromatic heterocycles.